The molecule has 0 heterocycles. The molecule has 0 aromatic rings. The summed E-state index contributed by atoms with van der Waals surface area (Å²) in [4.78, 5) is 0. The number of hydrogen-bond acceptors (Lipinski definition) is 4. The quantitative estimate of drug-likeness (QED) is 0.411. The average molecular weight is 166 g/mol. The van der Waals surface area contributed by atoms with Crippen LogP contribution in [0, 0.1) is 0 Å². The molecule has 0 spiro atoms. The zero-order chi connectivity index (χ0) is 8.41. The maximum absolute atomic E-state index is 8.17. The zero-order valence-corrected chi connectivity index (χ0v) is 5.77. The fourth-order valence-electron chi connectivity index (χ4n) is 0.0577. The Morgan fingerprint density at radius 1 is 1.18 bits per heavy atom. The molecule has 0 bridgehead atoms. The van der Waals surface area contributed by atoms with Crippen LogP contribution in [0.2, 0.25) is 0 Å². The predicted octanol–water partition coefficient (Wildman–Crippen LogP) is -0.867. The van der Waals surface area contributed by atoms with Gasteiger partial charge in [-0.1, -0.05) is 13.5 Å². The lowest BCUT2D eigenvalue weighted by Crippen LogP contribution is -2.15. The van der Waals surface area contributed by atoms with E-state index in [1.165, 1.54) is 6.08 Å². The van der Waals surface area contributed by atoms with Gasteiger partial charge in [0.05, 0.1) is 19.8 Å². The third kappa shape index (κ3) is 26.2. The second kappa shape index (κ2) is 16.3. The van der Waals surface area contributed by atoms with Crippen molar-refractivity contribution < 1.29 is 20.4 Å². The monoisotopic (exact) mass is 166 g/mol. The van der Waals surface area contributed by atoms with Gasteiger partial charge in [-0.05, 0) is 0 Å². The first-order valence-corrected chi connectivity index (χ1v) is 2.84. The molecule has 0 amide bonds. The van der Waals surface area contributed by atoms with Crippen molar-refractivity contribution >= 4 is 0 Å². The maximum Gasteiger partial charge on any atom is 0.100 e. The number of hydrogen-bond donors (Lipinski definition) is 4. The van der Waals surface area contributed by atoms with Gasteiger partial charge >= 0.3 is 0 Å². The van der Waals surface area contributed by atoms with E-state index in [9.17, 15) is 0 Å². The molecule has 70 valence electrons. The first kappa shape index (κ1) is 16.9. The second-order valence-electron chi connectivity index (χ2n) is 1.49. The lowest BCUT2D eigenvalue weighted by atomic mass is 10.4. The molecule has 11 heavy (non-hydrogen) atoms. The van der Waals surface area contributed by atoms with E-state index in [-0.39, 0.29) is 27.2 Å². The summed E-state index contributed by atoms with van der Waals surface area (Å²) in [5.41, 5.74) is 0. The van der Waals surface area contributed by atoms with Gasteiger partial charge in [0.25, 0.3) is 0 Å². The van der Waals surface area contributed by atoms with Crippen molar-refractivity contribution in [1.82, 2.24) is 0 Å². The first-order chi connectivity index (χ1) is 4.72. The Morgan fingerprint density at radius 3 is 1.45 bits per heavy atom. The van der Waals surface area contributed by atoms with Gasteiger partial charge in [0.2, 0.25) is 0 Å². The van der Waals surface area contributed by atoms with Gasteiger partial charge in [0, 0.05) is 0 Å². The van der Waals surface area contributed by atoms with E-state index >= 15 is 0 Å². The molecule has 0 unspecified atom stereocenters. The van der Waals surface area contributed by atoms with Crippen molar-refractivity contribution in [2.45, 2.75) is 13.5 Å². The van der Waals surface area contributed by atoms with Crippen LogP contribution in [-0.2, 0) is 0 Å². The molecule has 0 rings (SSSR count). The highest BCUT2D eigenvalue weighted by atomic mass is 16.3. The summed E-state index contributed by atoms with van der Waals surface area (Å²) in [6.45, 7) is 2.58. The van der Waals surface area contributed by atoms with Crippen molar-refractivity contribution in [1.29, 1.82) is 0 Å². The molecule has 0 aromatic carbocycles. The molecule has 4 nitrogen and oxygen atoms in total. The Kier molecular flexibility index (Phi) is 25.0. The Morgan fingerprint density at radius 2 is 1.45 bits per heavy atom. The molecular weight excluding hydrogens is 148 g/mol. The van der Waals surface area contributed by atoms with Gasteiger partial charge in [0.1, 0.15) is 6.10 Å². The Hall–Kier alpha value is -0.420. The molecule has 0 atom stereocenters. The molecule has 0 aliphatic heterocycles. The molecule has 4 heteroatoms. The minimum absolute atomic E-state index is 0. The van der Waals surface area contributed by atoms with Crippen molar-refractivity contribution in [2.75, 3.05) is 19.8 Å². The largest absolute Gasteiger partial charge is 0.394 e. The van der Waals surface area contributed by atoms with Crippen molar-refractivity contribution in [3.63, 3.8) is 0 Å². The van der Waals surface area contributed by atoms with E-state index < -0.39 is 6.10 Å². The van der Waals surface area contributed by atoms with Crippen LogP contribution in [0.15, 0.2) is 12.7 Å². The van der Waals surface area contributed by atoms with Gasteiger partial charge in [0.15, 0.2) is 0 Å². The highest BCUT2D eigenvalue weighted by Crippen LogP contribution is 1.71. The Bertz CT molecular complexity index is 61.5. The van der Waals surface area contributed by atoms with Crippen LogP contribution in [0.4, 0.5) is 0 Å². The smallest absolute Gasteiger partial charge is 0.100 e. The maximum atomic E-state index is 8.17. The molecule has 0 saturated carbocycles. The fourth-order valence-corrected chi connectivity index (χ4v) is 0.0577. The van der Waals surface area contributed by atoms with Crippen molar-refractivity contribution in [2.24, 2.45) is 0 Å². The summed E-state index contributed by atoms with van der Waals surface area (Å²) >= 11 is 0. The van der Waals surface area contributed by atoms with Gasteiger partial charge in [-0.15, -0.1) is 6.58 Å². The standard InChI is InChI=1S/C3H8O3.C3H6O.CH4/c4-1-3(6)2-5;1-2-3-4;/h3-6H,1-2H2;2,4H,1,3H2;1H4. The SMILES string of the molecule is C.C=CCO.OCC(O)CO. The third-order valence-electron chi connectivity index (χ3n) is 0.551. The summed E-state index contributed by atoms with van der Waals surface area (Å²) in [6, 6.07) is 0. The van der Waals surface area contributed by atoms with Gasteiger partial charge in [-0.2, -0.15) is 0 Å². The van der Waals surface area contributed by atoms with E-state index in [2.05, 4.69) is 6.58 Å². The topological polar surface area (TPSA) is 80.9 Å². The number of aliphatic hydroxyl groups excluding tert-OH is 4. The van der Waals surface area contributed by atoms with Gasteiger partial charge < -0.3 is 20.4 Å². The summed E-state index contributed by atoms with van der Waals surface area (Å²) in [7, 11) is 0. The van der Waals surface area contributed by atoms with E-state index in [0.29, 0.717) is 0 Å². The highest BCUT2D eigenvalue weighted by molar-refractivity contribution is 4.60. The van der Waals surface area contributed by atoms with Gasteiger partial charge in [-0.3, -0.25) is 0 Å². The van der Waals surface area contributed by atoms with Gasteiger partial charge in [-0.25, -0.2) is 0 Å². The molecule has 0 aliphatic rings. The Labute approximate surface area is 67.4 Å². The van der Waals surface area contributed by atoms with E-state index in [1.54, 1.807) is 0 Å². The summed E-state index contributed by atoms with van der Waals surface area (Å²) in [5, 5.41) is 31.8. The number of rotatable bonds is 3. The molecule has 0 aliphatic carbocycles. The average Bonchev–Trinajstić information content (AvgIpc) is 2.03. The molecule has 4 N–H and O–H groups in total. The van der Waals surface area contributed by atoms with Crippen LogP contribution < -0.4 is 0 Å². The predicted molar refractivity (Wildman–Crippen MR) is 44.2 cm³/mol. The first-order valence-electron chi connectivity index (χ1n) is 2.84. The van der Waals surface area contributed by atoms with Crippen LogP contribution in [0.5, 0.6) is 0 Å². The zero-order valence-electron chi connectivity index (χ0n) is 5.77. The molecule has 0 radical (unpaired) electrons. The molecule has 0 fully saturated rings. The van der Waals surface area contributed by atoms with Crippen molar-refractivity contribution in [3.05, 3.63) is 12.7 Å². The number of aliphatic hydroxyl groups is 4. The summed E-state index contributed by atoms with van der Waals surface area (Å²) in [6.07, 6.45) is 0.477. The summed E-state index contributed by atoms with van der Waals surface area (Å²) in [5.74, 6) is 0. The van der Waals surface area contributed by atoms with E-state index in [4.69, 9.17) is 20.4 Å². The molecule has 0 saturated heterocycles. The highest BCUT2D eigenvalue weighted by Gasteiger charge is 1.93. The van der Waals surface area contributed by atoms with E-state index in [1.807, 2.05) is 0 Å². The third-order valence-corrected chi connectivity index (χ3v) is 0.551. The fraction of sp³-hybridized carbons (Fsp3) is 0.714. The van der Waals surface area contributed by atoms with Crippen LogP contribution >= 0.6 is 0 Å². The van der Waals surface area contributed by atoms with Crippen LogP contribution in [-0.4, -0.2) is 46.4 Å². The van der Waals surface area contributed by atoms with E-state index in [0.717, 1.165) is 0 Å². The van der Waals surface area contributed by atoms with Crippen LogP contribution in [0.3, 0.4) is 0 Å². The second-order valence-corrected chi connectivity index (χ2v) is 1.49. The lowest BCUT2D eigenvalue weighted by Gasteiger charge is -1.96. The minimum atomic E-state index is -0.954. The Balaban J connectivity index is -0.000000114. The van der Waals surface area contributed by atoms with Crippen LogP contribution in [0.25, 0.3) is 0 Å². The molecule has 0 aromatic heterocycles. The molecular formula is C7H18O4. The lowest BCUT2D eigenvalue weighted by molar-refractivity contribution is 0.0450. The normalized spacial score (nSPS) is 7.73. The van der Waals surface area contributed by atoms with Crippen molar-refractivity contribution in [3.8, 4) is 0 Å². The summed E-state index contributed by atoms with van der Waals surface area (Å²) < 4.78 is 0. The minimum Gasteiger partial charge on any atom is -0.394 e. The van der Waals surface area contributed by atoms with Crippen LogP contribution in [0.1, 0.15) is 7.43 Å².